The second-order valence-corrected chi connectivity index (χ2v) is 4.41. The molecule has 84 valence electrons. The largest absolute Gasteiger partial charge is 0.368 e. The molecule has 1 aromatic heterocycles. The summed E-state index contributed by atoms with van der Waals surface area (Å²) in [6, 6.07) is 4.05. The lowest BCUT2D eigenvalue weighted by molar-refractivity contribution is 0.589. The Morgan fingerprint density at radius 1 is 1.25 bits per heavy atom. The molecular weight excluding hydrogens is 224 g/mol. The number of nitrogens with one attached hydrogen (secondary N) is 2. The fourth-order valence-electron chi connectivity index (χ4n) is 2.10. The third-order valence-corrected chi connectivity index (χ3v) is 3.27. The van der Waals surface area contributed by atoms with Gasteiger partial charge in [0, 0.05) is 31.6 Å². The lowest BCUT2D eigenvalue weighted by Crippen LogP contribution is -2.43. The highest BCUT2D eigenvalue weighted by molar-refractivity contribution is 6.34. The van der Waals surface area contributed by atoms with E-state index in [-0.39, 0.29) is 0 Å². The quantitative estimate of drug-likeness (QED) is 0.791. The summed E-state index contributed by atoms with van der Waals surface area (Å²) < 4.78 is 0. The van der Waals surface area contributed by atoms with E-state index < -0.39 is 0 Å². The number of fused-ring (bicyclic) bond motifs is 1. The molecule has 2 aromatic rings. The highest BCUT2D eigenvalue weighted by atomic mass is 35.5. The number of aromatic nitrogens is 2. The van der Waals surface area contributed by atoms with Crippen molar-refractivity contribution in [3.8, 4) is 0 Å². The topological polar surface area (TPSA) is 44.0 Å². The van der Waals surface area contributed by atoms with Gasteiger partial charge in [0.2, 0.25) is 0 Å². The van der Waals surface area contributed by atoms with E-state index in [4.69, 9.17) is 11.6 Å². The van der Waals surface area contributed by atoms with Crippen LogP contribution in [-0.4, -0.2) is 36.4 Å². The van der Waals surface area contributed by atoms with E-state index in [2.05, 4.69) is 26.5 Å². The van der Waals surface area contributed by atoms with Gasteiger partial charge in [-0.2, -0.15) is 5.10 Å². The second kappa shape index (κ2) is 3.96. The maximum absolute atomic E-state index is 6.29. The van der Waals surface area contributed by atoms with Crippen molar-refractivity contribution in [2.45, 2.75) is 0 Å². The lowest BCUT2D eigenvalue weighted by atomic mass is 10.2. The van der Waals surface area contributed by atoms with Crippen molar-refractivity contribution in [2.75, 3.05) is 31.1 Å². The van der Waals surface area contributed by atoms with E-state index in [0.717, 1.165) is 47.8 Å². The predicted octanol–water partition coefficient (Wildman–Crippen LogP) is 1.63. The number of aromatic amines is 1. The average Bonchev–Trinajstić information content (AvgIpc) is 2.76. The van der Waals surface area contributed by atoms with Crippen LogP contribution < -0.4 is 10.2 Å². The normalized spacial score (nSPS) is 16.9. The van der Waals surface area contributed by atoms with Crippen molar-refractivity contribution >= 4 is 28.2 Å². The molecule has 4 nitrogen and oxygen atoms in total. The molecule has 2 N–H and O–H groups in total. The summed E-state index contributed by atoms with van der Waals surface area (Å²) in [6.45, 7) is 4.02. The van der Waals surface area contributed by atoms with Crippen LogP contribution in [0.25, 0.3) is 10.9 Å². The van der Waals surface area contributed by atoms with Crippen LogP contribution in [0.1, 0.15) is 0 Å². The molecule has 1 aliphatic rings. The number of H-pyrrole nitrogens is 1. The van der Waals surface area contributed by atoms with Crippen LogP contribution in [0.2, 0.25) is 5.02 Å². The minimum Gasteiger partial charge on any atom is -0.368 e. The summed E-state index contributed by atoms with van der Waals surface area (Å²) in [7, 11) is 0. The van der Waals surface area contributed by atoms with Crippen molar-refractivity contribution in [1.29, 1.82) is 0 Å². The number of rotatable bonds is 1. The minimum atomic E-state index is 0.802. The van der Waals surface area contributed by atoms with E-state index in [1.165, 1.54) is 0 Å². The standard InChI is InChI=1S/C11H13ClN4/c12-9-5-8-7-14-15-10(8)6-11(9)16-3-1-13-2-4-16/h5-7,13H,1-4H2,(H,14,15). The maximum Gasteiger partial charge on any atom is 0.0672 e. The number of nitrogens with zero attached hydrogens (tertiary/aromatic N) is 2. The van der Waals surface area contributed by atoms with Crippen LogP contribution in [0.5, 0.6) is 0 Å². The molecule has 1 aromatic carbocycles. The number of piperazine rings is 1. The number of benzene rings is 1. The Labute approximate surface area is 98.6 Å². The summed E-state index contributed by atoms with van der Waals surface area (Å²) in [6.07, 6.45) is 1.79. The van der Waals surface area contributed by atoms with Crippen LogP contribution in [-0.2, 0) is 0 Å². The van der Waals surface area contributed by atoms with Crippen LogP contribution in [0.15, 0.2) is 18.3 Å². The Hall–Kier alpha value is -1.26. The van der Waals surface area contributed by atoms with Gasteiger partial charge in [-0.3, -0.25) is 5.10 Å². The monoisotopic (exact) mass is 236 g/mol. The molecular formula is C11H13ClN4. The van der Waals surface area contributed by atoms with Gasteiger partial charge in [-0.25, -0.2) is 0 Å². The Kier molecular flexibility index (Phi) is 2.46. The van der Waals surface area contributed by atoms with E-state index in [9.17, 15) is 0 Å². The number of hydrogen-bond acceptors (Lipinski definition) is 3. The Morgan fingerprint density at radius 2 is 2.06 bits per heavy atom. The number of anilines is 1. The fraction of sp³-hybridized carbons (Fsp3) is 0.364. The second-order valence-electron chi connectivity index (χ2n) is 4.00. The first-order valence-electron chi connectivity index (χ1n) is 5.43. The van der Waals surface area contributed by atoms with Crippen molar-refractivity contribution < 1.29 is 0 Å². The average molecular weight is 237 g/mol. The van der Waals surface area contributed by atoms with Crippen molar-refractivity contribution in [2.24, 2.45) is 0 Å². The molecule has 16 heavy (non-hydrogen) atoms. The Morgan fingerprint density at radius 3 is 2.88 bits per heavy atom. The molecule has 0 radical (unpaired) electrons. The Balaban J connectivity index is 2.03. The highest BCUT2D eigenvalue weighted by Crippen LogP contribution is 2.30. The van der Waals surface area contributed by atoms with Gasteiger partial charge in [0.15, 0.2) is 0 Å². The molecule has 0 saturated carbocycles. The highest BCUT2D eigenvalue weighted by Gasteiger charge is 2.14. The zero-order valence-electron chi connectivity index (χ0n) is 8.83. The molecule has 0 bridgehead atoms. The summed E-state index contributed by atoms with van der Waals surface area (Å²) in [5.41, 5.74) is 2.14. The molecule has 3 rings (SSSR count). The van der Waals surface area contributed by atoms with Crippen molar-refractivity contribution in [3.05, 3.63) is 23.4 Å². The SMILES string of the molecule is Clc1cc2cn[nH]c2cc1N1CCNCC1. The Bertz CT molecular complexity index is 502. The molecule has 0 aliphatic carbocycles. The van der Waals surface area contributed by atoms with Gasteiger partial charge in [0.25, 0.3) is 0 Å². The summed E-state index contributed by atoms with van der Waals surface area (Å²) >= 11 is 6.29. The van der Waals surface area contributed by atoms with Gasteiger partial charge in [0.1, 0.15) is 0 Å². The minimum absolute atomic E-state index is 0.802. The summed E-state index contributed by atoms with van der Waals surface area (Å²) in [5, 5.41) is 12.2. The summed E-state index contributed by atoms with van der Waals surface area (Å²) in [5.74, 6) is 0. The van der Waals surface area contributed by atoms with Crippen LogP contribution in [0.4, 0.5) is 5.69 Å². The smallest absolute Gasteiger partial charge is 0.0672 e. The predicted molar refractivity (Wildman–Crippen MR) is 66.2 cm³/mol. The third-order valence-electron chi connectivity index (χ3n) is 2.97. The van der Waals surface area contributed by atoms with Gasteiger partial charge >= 0.3 is 0 Å². The zero-order chi connectivity index (χ0) is 11.0. The summed E-state index contributed by atoms with van der Waals surface area (Å²) in [4.78, 5) is 2.30. The third kappa shape index (κ3) is 1.64. The zero-order valence-corrected chi connectivity index (χ0v) is 9.59. The van der Waals surface area contributed by atoms with E-state index >= 15 is 0 Å². The molecule has 1 aliphatic heterocycles. The van der Waals surface area contributed by atoms with Gasteiger partial charge in [-0.05, 0) is 12.1 Å². The first kappa shape index (κ1) is 9.93. The molecule has 0 unspecified atom stereocenters. The fourth-order valence-corrected chi connectivity index (χ4v) is 2.39. The van der Waals surface area contributed by atoms with Gasteiger partial charge in [0.05, 0.1) is 22.4 Å². The van der Waals surface area contributed by atoms with Crippen LogP contribution in [0.3, 0.4) is 0 Å². The van der Waals surface area contributed by atoms with Gasteiger partial charge in [-0.1, -0.05) is 11.6 Å². The van der Waals surface area contributed by atoms with E-state index in [1.54, 1.807) is 6.20 Å². The maximum atomic E-state index is 6.29. The molecule has 1 fully saturated rings. The molecule has 1 saturated heterocycles. The van der Waals surface area contributed by atoms with Crippen LogP contribution >= 0.6 is 11.6 Å². The molecule has 2 heterocycles. The number of halogens is 1. The molecule has 0 amide bonds. The van der Waals surface area contributed by atoms with Gasteiger partial charge < -0.3 is 10.2 Å². The first-order valence-corrected chi connectivity index (χ1v) is 5.81. The molecule has 5 heteroatoms. The van der Waals surface area contributed by atoms with Crippen molar-refractivity contribution in [3.63, 3.8) is 0 Å². The van der Waals surface area contributed by atoms with Crippen molar-refractivity contribution in [1.82, 2.24) is 15.5 Å². The molecule has 0 atom stereocenters. The van der Waals surface area contributed by atoms with E-state index in [0.29, 0.717) is 0 Å². The lowest BCUT2D eigenvalue weighted by Gasteiger charge is -2.30. The first-order chi connectivity index (χ1) is 7.84. The molecule has 0 spiro atoms. The van der Waals surface area contributed by atoms with E-state index in [1.807, 2.05) is 6.07 Å². The van der Waals surface area contributed by atoms with Crippen LogP contribution in [0, 0.1) is 0 Å². The number of hydrogen-bond donors (Lipinski definition) is 2. The van der Waals surface area contributed by atoms with Gasteiger partial charge in [-0.15, -0.1) is 0 Å².